The van der Waals surface area contributed by atoms with E-state index in [1.165, 1.54) is 0 Å². The maximum atomic E-state index is 11.7. The quantitative estimate of drug-likeness (QED) is 0.732. The fourth-order valence-electron chi connectivity index (χ4n) is 0.906. The minimum atomic E-state index is -3.60. The van der Waals surface area contributed by atoms with Gasteiger partial charge >= 0.3 is 0 Å². The van der Waals surface area contributed by atoms with Gasteiger partial charge < -0.3 is 10.2 Å². The Balaban J connectivity index is 2.78. The maximum absolute atomic E-state index is 11.7. The van der Waals surface area contributed by atoms with E-state index < -0.39 is 22.7 Å². The molecule has 0 aliphatic heterocycles. The van der Waals surface area contributed by atoms with Crippen LogP contribution in [0.1, 0.15) is 5.56 Å². The standard InChI is InChI=1S/C8H12BrNO4S2/c1-5-2-7(15-8(5)9)16(13,14)10-3-6(12)4-11/h2,6,10-12H,3-4H2,1H3. The van der Waals surface area contributed by atoms with E-state index in [1.54, 1.807) is 13.0 Å². The number of aliphatic hydroxyl groups excluding tert-OH is 2. The third-order valence-electron chi connectivity index (χ3n) is 1.82. The van der Waals surface area contributed by atoms with Gasteiger partial charge in [-0.15, -0.1) is 11.3 Å². The van der Waals surface area contributed by atoms with Gasteiger partial charge in [-0.05, 0) is 34.5 Å². The van der Waals surface area contributed by atoms with Crippen LogP contribution in [0.15, 0.2) is 14.1 Å². The molecule has 1 heterocycles. The van der Waals surface area contributed by atoms with Crippen LogP contribution in [-0.4, -0.2) is 37.9 Å². The minimum absolute atomic E-state index is 0.182. The van der Waals surface area contributed by atoms with Crippen molar-refractivity contribution in [2.75, 3.05) is 13.2 Å². The summed E-state index contributed by atoms with van der Waals surface area (Å²) in [6.07, 6.45) is -1.08. The van der Waals surface area contributed by atoms with Gasteiger partial charge in [-0.3, -0.25) is 0 Å². The second kappa shape index (κ2) is 5.56. The molecule has 0 amide bonds. The van der Waals surface area contributed by atoms with Crippen LogP contribution in [0.2, 0.25) is 0 Å². The summed E-state index contributed by atoms with van der Waals surface area (Å²) in [5.74, 6) is 0. The molecule has 0 aliphatic rings. The molecule has 3 N–H and O–H groups in total. The Kier molecular flexibility index (Phi) is 4.89. The highest BCUT2D eigenvalue weighted by atomic mass is 79.9. The van der Waals surface area contributed by atoms with Crippen LogP contribution in [0.3, 0.4) is 0 Å². The average Bonchev–Trinajstić information content (AvgIpc) is 2.56. The van der Waals surface area contributed by atoms with Crippen LogP contribution in [0, 0.1) is 6.92 Å². The lowest BCUT2D eigenvalue weighted by Crippen LogP contribution is -2.33. The van der Waals surface area contributed by atoms with Crippen LogP contribution < -0.4 is 4.72 Å². The predicted octanol–water partition coefficient (Wildman–Crippen LogP) is 0.451. The van der Waals surface area contributed by atoms with Crippen molar-refractivity contribution in [1.82, 2.24) is 4.72 Å². The van der Waals surface area contributed by atoms with Gasteiger partial charge in [-0.1, -0.05) is 0 Å². The molecule has 1 unspecified atom stereocenters. The highest BCUT2D eigenvalue weighted by Crippen LogP contribution is 2.30. The Morgan fingerprint density at radius 2 is 2.25 bits per heavy atom. The van der Waals surface area contributed by atoms with Crippen molar-refractivity contribution in [3.05, 3.63) is 15.4 Å². The summed E-state index contributed by atoms with van der Waals surface area (Å²) in [5.41, 5.74) is 0.841. The smallest absolute Gasteiger partial charge is 0.250 e. The van der Waals surface area contributed by atoms with E-state index >= 15 is 0 Å². The Hall–Kier alpha value is 0.01000. The van der Waals surface area contributed by atoms with Crippen molar-refractivity contribution in [2.45, 2.75) is 17.2 Å². The molecule has 0 aliphatic carbocycles. The topological polar surface area (TPSA) is 86.6 Å². The number of nitrogens with one attached hydrogen (secondary N) is 1. The monoisotopic (exact) mass is 329 g/mol. The zero-order valence-electron chi connectivity index (χ0n) is 8.47. The molecule has 0 aromatic carbocycles. The number of aryl methyl sites for hydroxylation is 1. The van der Waals surface area contributed by atoms with Gasteiger partial charge in [0, 0.05) is 6.54 Å². The highest BCUT2D eigenvalue weighted by Gasteiger charge is 2.19. The van der Waals surface area contributed by atoms with Crippen molar-refractivity contribution in [1.29, 1.82) is 0 Å². The van der Waals surface area contributed by atoms with E-state index in [2.05, 4.69) is 20.7 Å². The summed E-state index contributed by atoms with van der Waals surface area (Å²) in [6.45, 7) is 1.12. The minimum Gasteiger partial charge on any atom is -0.394 e. The molecule has 0 spiro atoms. The third-order valence-corrected chi connectivity index (χ3v) is 5.85. The molecule has 1 aromatic heterocycles. The Labute approximate surface area is 106 Å². The van der Waals surface area contributed by atoms with Crippen LogP contribution in [0.25, 0.3) is 0 Å². The summed E-state index contributed by atoms with van der Waals surface area (Å²) >= 11 is 4.34. The van der Waals surface area contributed by atoms with E-state index in [1.807, 2.05) is 0 Å². The van der Waals surface area contributed by atoms with Gasteiger partial charge in [-0.25, -0.2) is 13.1 Å². The van der Waals surface area contributed by atoms with Crippen LogP contribution in [-0.2, 0) is 10.0 Å². The molecule has 5 nitrogen and oxygen atoms in total. The molecule has 1 atom stereocenters. The lowest BCUT2D eigenvalue weighted by molar-refractivity contribution is 0.0988. The van der Waals surface area contributed by atoms with Crippen LogP contribution >= 0.6 is 27.3 Å². The summed E-state index contributed by atoms with van der Waals surface area (Å²) in [4.78, 5) is 0. The fraction of sp³-hybridized carbons (Fsp3) is 0.500. The van der Waals surface area contributed by atoms with E-state index in [9.17, 15) is 8.42 Å². The number of hydrogen-bond donors (Lipinski definition) is 3. The summed E-state index contributed by atoms with van der Waals surface area (Å²) in [6, 6.07) is 1.54. The van der Waals surface area contributed by atoms with Gasteiger partial charge in [0.2, 0.25) is 10.0 Å². The second-order valence-corrected chi connectivity index (χ2v) is 7.57. The molecule has 0 fully saturated rings. The summed E-state index contributed by atoms with van der Waals surface area (Å²) < 4.78 is 26.6. The summed E-state index contributed by atoms with van der Waals surface area (Å²) in [5, 5.41) is 17.6. The Morgan fingerprint density at radius 1 is 1.62 bits per heavy atom. The predicted molar refractivity (Wildman–Crippen MR) is 65.0 cm³/mol. The van der Waals surface area contributed by atoms with Crippen molar-refractivity contribution < 1.29 is 18.6 Å². The van der Waals surface area contributed by atoms with Gasteiger partial charge in [-0.2, -0.15) is 0 Å². The number of hydrogen-bond acceptors (Lipinski definition) is 5. The maximum Gasteiger partial charge on any atom is 0.250 e. The van der Waals surface area contributed by atoms with Gasteiger partial charge in [0.05, 0.1) is 16.5 Å². The molecule has 0 radical (unpaired) electrons. The number of halogens is 1. The highest BCUT2D eigenvalue weighted by molar-refractivity contribution is 9.11. The first-order valence-corrected chi connectivity index (χ1v) is 7.50. The molecule has 92 valence electrons. The number of rotatable bonds is 5. The number of aliphatic hydroxyl groups is 2. The third kappa shape index (κ3) is 3.51. The molecule has 16 heavy (non-hydrogen) atoms. The lowest BCUT2D eigenvalue weighted by Gasteiger charge is -2.08. The first-order chi connectivity index (χ1) is 7.36. The van der Waals surface area contributed by atoms with Crippen LogP contribution in [0.4, 0.5) is 0 Å². The molecule has 0 saturated heterocycles. The second-order valence-electron chi connectivity index (χ2n) is 3.21. The van der Waals surface area contributed by atoms with Crippen molar-refractivity contribution in [3.63, 3.8) is 0 Å². The SMILES string of the molecule is Cc1cc(S(=O)(=O)NCC(O)CO)sc1Br. The van der Waals surface area contributed by atoms with E-state index in [-0.39, 0.29) is 10.8 Å². The van der Waals surface area contributed by atoms with Gasteiger partial charge in [0.1, 0.15) is 4.21 Å². The van der Waals surface area contributed by atoms with E-state index in [0.29, 0.717) is 0 Å². The van der Waals surface area contributed by atoms with Crippen molar-refractivity contribution in [2.24, 2.45) is 0 Å². The molecular formula is C8H12BrNO4S2. The molecule has 0 bridgehead atoms. The average molecular weight is 330 g/mol. The van der Waals surface area contributed by atoms with E-state index in [0.717, 1.165) is 20.7 Å². The van der Waals surface area contributed by atoms with E-state index in [4.69, 9.17) is 10.2 Å². The number of thiophene rings is 1. The van der Waals surface area contributed by atoms with Crippen LogP contribution in [0.5, 0.6) is 0 Å². The largest absolute Gasteiger partial charge is 0.394 e. The first-order valence-electron chi connectivity index (χ1n) is 4.41. The molecule has 1 aromatic rings. The zero-order chi connectivity index (χ0) is 12.3. The fourth-order valence-corrected chi connectivity index (χ4v) is 4.25. The molecule has 8 heteroatoms. The molecule has 0 saturated carbocycles. The molecular weight excluding hydrogens is 318 g/mol. The van der Waals surface area contributed by atoms with Gasteiger partial charge in [0.25, 0.3) is 0 Å². The number of sulfonamides is 1. The van der Waals surface area contributed by atoms with Gasteiger partial charge in [0.15, 0.2) is 0 Å². The Bertz CT molecular complexity index is 437. The lowest BCUT2D eigenvalue weighted by atomic mass is 10.4. The normalized spacial score (nSPS) is 14.0. The molecule has 1 rings (SSSR count). The summed E-state index contributed by atoms with van der Waals surface area (Å²) in [7, 11) is -3.60. The first kappa shape index (κ1) is 14.1. The Morgan fingerprint density at radius 3 is 2.69 bits per heavy atom. The zero-order valence-corrected chi connectivity index (χ0v) is 11.7. The van der Waals surface area contributed by atoms with Crippen molar-refractivity contribution >= 4 is 37.3 Å². The van der Waals surface area contributed by atoms with Crippen molar-refractivity contribution in [3.8, 4) is 0 Å².